The van der Waals surface area contributed by atoms with Gasteiger partial charge in [-0.25, -0.2) is 0 Å². The lowest BCUT2D eigenvalue weighted by Gasteiger charge is -1.95. The van der Waals surface area contributed by atoms with Gasteiger partial charge >= 0.3 is 0 Å². The molecule has 1 aromatic rings. The van der Waals surface area contributed by atoms with E-state index >= 15 is 0 Å². The van der Waals surface area contributed by atoms with Crippen molar-refractivity contribution < 1.29 is 4.92 Å². The summed E-state index contributed by atoms with van der Waals surface area (Å²) in [4.78, 5) is 9.92. The Bertz CT molecular complexity index is 435. The molecule has 0 aliphatic rings. The van der Waals surface area contributed by atoms with Gasteiger partial charge < -0.3 is 0 Å². The Hall–Kier alpha value is -1.24. The van der Waals surface area contributed by atoms with E-state index < -0.39 is 4.92 Å². The highest BCUT2D eigenvalue weighted by molar-refractivity contribution is 6.32. The van der Waals surface area contributed by atoms with Gasteiger partial charge in [-0.1, -0.05) is 23.4 Å². The summed E-state index contributed by atoms with van der Waals surface area (Å²) in [6.07, 6.45) is 0.564. The highest BCUT2D eigenvalue weighted by atomic mass is 35.5. The van der Waals surface area contributed by atoms with E-state index in [0.29, 0.717) is 17.9 Å². The van der Waals surface area contributed by atoms with E-state index in [1.165, 1.54) is 18.2 Å². The monoisotopic (exact) mass is 243 g/mol. The summed E-state index contributed by atoms with van der Waals surface area (Å²) >= 11 is 11.3. The van der Waals surface area contributed by atoms with Crippen LogP contribution in [0.1, 0.15) is 12.0 Å². The van der Waals surface area contributed by atoms with Gasteiger partial charge in [0.15, 0.2) is 0 Å². The molecule has 5 heteroatoms. The van der Waals surface area contributed by atoms with Gasteiger partial charge in [-0.2, -0.15) is 0 Å². The molecule has 0 spiro atoms. The number of halogens is 2. The number of alkyl halides is 1. The average molecular weight is 244 g/mol. The number of nitro groups is 1. The lowest BCUT2D eigenvalue weighted by atomic mass is 10.2. The van der Waals surface area contributed by atoms with Crippen molar-refractivity contribution in [3.05, 3.63) is 38.9 Å². The lowest BCUT2D eigenvalue weighted by molar-refractivity contribution is -0.384. The Kier molecular flexibility index (Phi) is 4.41. The summed E-state index contributed by atoms with van der Waals surface area (Å²) in [6.45, 7) is 0. The molecule has 0 N–H and O–H groups in total. The van der Waals surface area contributed by atoms with Crippen LogP contribution in [-0.4, -0.2) is 10.8 Å². The fraction of sp³-hybridized carbons (Fsp3) is 0.200. The third kappa shape index (κ3) is 3.43. The Balaban J connectivity index is 2.95. The van der Waals surface area contributed by atoms with E-state index in [1.807, 2.05) is 0 Å². The van der Waals surface area contributed by atoms with Crippen molar-refractivity contribution in [3.63, 3.8) is 0 Å². The topological polar surface area (TPSA) is 43.1 Å². The molecule has 0 atom stereocenters. The van der Waals surface area contributed by atoms with Gasteiger partial charge in [-0.15, -0.1) is 11.6 Å². The molecule has 3 nitrogen and oxygen atoms in total. The largest absolute Gasteiger partial charge is 0.271 e. The molecule has 0 heterocycles. The molecule has 0 aliphatic heterocycles. The third-order valence-corrected chi connectivity index (χ3v) is 2.11. The Morgan fingerprint density at radius 3 is 2.73 bits per heavy atom. The van der Waals surface area contributed by atoms with Gasteiger partial charge in [-0.3, -0.25) is 10.1 Å². The smallest absolute Gasteiger partial charge is 0.258 e. The molecule has 15 heavy (non-hydrogen) atoms. The van der Waals surface area contributed by atoms with Gasteiger partial charge in [0.2, 0.25) is 0 Å². The van der Waals surface area contributed by atoms with Crippen LogP contribution in [0.5, 0.6) is 0 Å². The molecule has 1 aromatic carbocycles. The molecular formula is C10H7Cl2NO2. The van der Waals surface area contributed by atoms with Gasteiger partial charge in [0.1, 0.15) is 0 Å². The standard InChI is InChI=1S/C10H7Cl2NO2/c11-6-2-1-3-8-4-5-9(13(14)15)7-10(8)12/h4-5,7H,2,6H2. The first kappa shape index (κ1) is 11.8. The molecule has 0 fully saturated rings. The Morgan fingerprint density at radius 1 is 1.47 bits per heavy atom. The predicted octanol–water partition coefficient (Wildman–Crippen LogP) is 3.23. The van der Waals surface area contributed by atoms with Gasteiger partial charge in [0.25, 0.3) is 5.69 Å². The predicted molar refractivity (Wildman–Crippen MR) is 60.3 cm³/mol. The first-order valence-corrected chi connectivity index (χ1v) is 5.05. The van der Waals surface area contributed by atoms with Crippen molar-refractivity contribution >= 4 is 28.9 Å². The van der Waals surface area contributed by atoms with Crippen LogP contribution in [-0.2, 0) is 0 Å². The average Bonchev–Trinajstić information content (AvgIpc) is 2.20. The van der Waals surface area contributed by atoms with E-state index in [-0.39, 0.29) is 10.7 Å². The van der Waals surface area contributed by atoms with Crippen LogP contribution < -0.4 is 0 Å². The quantitative estimate of drug-likeness (QED) is 0.347. The highest BCUT2D eigenvalue weighted by Gasteiger charge is 2.07. The van der Waals surface area contributed by atoms with Crippen LogP contribution in [0.15, 0.2) is 18.2 Å². The molecule has 1 rings (SSSR count). The maximum Gasteiger partial charge on any atom is 0.271 e. The minimum atomic E-state index is -0.498. The van der Waals surface area contributed by atoms with Crippen LogP contribution in [0.25, 0.3) is 0 Å². The molecule has 0 bridgehead atoms. The lowest BCUT2D eigenvalue weighted by Crippen LogP contribution is -1.88. The minimum Gasteiger partial charge on any atom is -0.258 e. The van der Waals surface area contributed by atoms with Gasteiger partial charge in [0, 0.05) is 30.0 Å². The number of non-ortho nitro benzene ring substituents is 1. The maximum atomic E-state index is 10.4. The molecule has 0 amide bonds. The molecule has 0 saturated heterocycles. The fourth-order valence-corrected chi connectivity index (χ4v) is 1.24. The second-order valence-electron chi connectivity index (χ2n) is 2.66. The van der Waals surface area contributed by atoms with Crippen LogP contribution in [0.4, 0.5) is 5.69 Å². The molecule has 78 valence electrons. The number of nitro benzene ring substituents is 1. The van der Waals surface area contributed by atoms with E-state index in [9.17, 15) is 10.1 Å². The zero-order valence-corrected chi connectivity index (χ0v) is 9.18. The number of hydrogen-bond acceptors (Lipinski definition) is 2. The summed E-state index contributed by atoms with van der Waals surface area (Å²) in [6, 6.07) is 4.19. The second-order valence-corrected chi connectivity index (χ2v) is 3.45. The molecule has 0 unspecified atom stereocenters. The molecule has 0 radical (unpaired) electrons. The van der Waals surface area contributed by atoms with Gasteiger partial charge in [-0.05, 0) is 6.07 Å². The number of benzene rings is 1. The number of hydrogen-bond donors (Lipinski definition) is 0. The van der Waals surface area contributed by atoms with Gasteiger partial charge in [0.05, 0.1) is 9.95 Å². The molecule has 0 aliphatic carbocycles. The van der Waals surface area contributed by atoms with E-state index in [1.54, 1.807) is 0 Å². The minimum absolute atomic E-state index is 0.0390. The summed E-state index contributed by atoms with van der Waals surface area (Å²) in [5.41, 5.74) is 0.537. The van der Waals surface area contributed by atoms with E-state index in [2.05, 4.69) is 11.8 Å². The van der Waals surface area contributed by atoms with Crippen LogP contribution >= 0.6 is 23.2 Å². The Morgan fingerprint density at radius 2 is 2.20 bits per heavy atom. The zero-order chi connectivity index (χ0) is 11.3. The zero-order valence-electron chi connectivity index (χ0n) is 7.67. The number of rotatable bonds is 2. The van der Waals surface area contributed by atoms with Crippen molar-refractivity contribution in [3.8, 4) is 11.8 Å². The highest BCUT2D eigenvalue weighted by Crippen LogP contribution is 2.21. The molecule has 0 aromatic heterocycles. The van der Waals surface area contributed by atoms with Crippen molar-refractivity contribution in [2.24, 2.45) is 0 Å². The maximum absolute atomic E-state index is 10.4. The second kappa shape index (κ2) is 5.59. The first-order valence-electron chi connectivity index (χ1n) is 4.14. The first-order chi connectivity index (χ1) is 7.15. The molecular weight excluding hydrogens is 237 g/mol. The third-order valence-electron chi connectivity index (χ3n) is 1.61. The summed E-state index contributed by atoms with van der Waals surface area (Å²) in [5, 5.41) is 10.7. The van der Waals surface area contributed by atoms with E-state index in [0.717, 1.165) is 0 Å². The van der Waals surface area contributed by atoms with E-state index in [4.69, 9.17) is 23.2 Å². The summed E-state index contributed by atoms with van der Waals surface area (Å²) in [5.74, 6) is 6.05. The summed E-state index contributed by atoms with van der Waals surface area (Å²) < 4.78 is 0. The van der Waals surface area contributed by atoms with Crippen LogP contribution in [0.2, 0.25) is 5.02 Å². The fourth-order valence-electron chi connectivity index (χ4n) is 0.924. The van der Waals surface area contributed by atoms with Crippen LogP contribution in [0, 0.1) is 22.0 Å². The summed E-state index contributed by atoms with van der Waals surface area (Å²) in [7, 11) is 0. The van der Waals surface area contributed by atoms with Crippen molar-refractivity contribution in [2.75, 3.05) is 5.88 Å². The SMILES string of the molecule is O=[N+]([O-])c1ccc(C#CCCCl)c(Cl)c1. The van der Waals surface area contributed by atoms with Crippen molar-refractivity contribution in [1.29, 1.82) is 0 Å². The van der Waals surface area contributed by atoms with Crippen LogP contribution in [0.3, 0.4) is 0 Å². The van der Waals surface area contributed by atoms with Crippen molar-refractivity contribution in [1.82, 2.24) is 0 Å². The number of nitrogens with zero attached hydrogens (tertiary/aromatic N) is 1. The van der Waals surface area contributed by atoms with Crippen molar-refractivity contribution in [2.45, 2.75) is 6.42 Å². The normalized spacial score (nSPS) is 9.20. The molecule has 0 saturated carbocycles. The Labute approximate surface area is 97.1 Å².